The van der Waals surface area contributed by atoms with Gasteiger partial charge in [0.2, 0.25) is 0 Å². The van der Waals surface area contributed by atoms with E-state index in [2.05, 4.69) is 25.1 Å². The summed E-state index contributed by atoms with van der Waals surface area (Å²) in [4.78, 5) is 12.6. The van der Waals surface area contributed by atoms with Crippen LogP contribution in [0.1, 0.15) is 12.6 Å². The molecule has 1 saturated heterocycles. The number of aromatic nitrogens is 2. The molecule has 140 valence electrons. The van der Waals surface area contributed by atoms with Crippen molar-refractivity contribution >= 4 is 11.6 Å². The number of nitrogens with zero attached hydrogens (tertiary/aromatic N) is 4. The summed E-state index contributed by atoms with van der Waals surface area (Å²) in [7, 11) is 0. The highest BCUT2D eigenvalue weighted by atomic mass is 19.4. The van der Waals surface area contributed by atoms with Gasteiger partial charge in [-0.25, -0.2) is 9.97 Å². The molecule has 0 bridgehead atoms. The Hall–Kier alpha value is -2.35. The maximum absolute atomic E-state index is 12.7. The van der Waals surface area contributed by atoms with Crippen molar-refractivity contribution in [2.75, 3.05) is 42.9 Å². The van der Waals surface area contributed by atoms with Crippen molar-refractivity contribution in [1.82, 2.24) is 14.9 Å². The molecule has 0 saturated carbocycles. The molecule has 0 radical (unpaired) electrons. The van der Waals surface area contributed by atoms with Gasteiger partial charge in [-0.15, -0.1) is 0 Å². The first-order chi connectivity index (χ1) is 12.4. The number of alkyl halides is 3. The number of rotatable bonds is 5. The Morgan fingerprint density at radius 2 is 1.85 bits per heavy atom. The minimum atomic E-state index is -4.43. The standard InChI is InChI=1S/C18H22F3N5/c1-14(23-16-6-4-5-15(24-16)18(19,20)21)13-25-9-11-26(12-10-25)17-7-2-3-8-22-17/h2-8,14H,9-13H2,1H3,(H,23,24). The number of nitrogens with one attached hydrogen (secondary N) is 1. The first kappa shape index (κ1) is 18.4. The second-order valence-corrected chi connectivity index (χ2v) is 6.43. The summed E-state index contributed by atoms with van der Waals surface area (Å²) in [5, 5.41) is 3.07. The lowest BCUT2D eigenvalue weighted by molar-refractivity contribution is -0.141. The average molecular weight is 365 g/mol. The topological polar surface area (TPSA) is 44.3 Å². The summed E-state index contributed by atoms with van der Waals surface area (Å²) in [5.41, 5.74) is -0.876. The molecule has 1 aliphatic rings. The van der Waals surface area contributed by atoms with E-state index in [0.717, 1.165) is 44.6 Å². The zero-order chi connectivity index (χ0) is 18.6. The van der Waals surface area contributed by atoms with E-state index in [1.54, 1.807) is 12.3 Å². The van der Waals surface area contributed by atoms with Crippen molar-refractivity contribution in [2.45, 2.75) is 19.1 Å². The summed E-state index contributed by atoms with van der Waals surface area (Å²) >= 11 is 0. The van der Waals surface area contributed by atoms with E-state index in [0.29, 0.717) is 0 Å². The minimum Gasteiger partial charge on any atom is -0.366 e. The normalized spacial score (nSPS) is 17.2. The van der Waals surface area contributed by atoms with Crippen molar-refractivity contribution in [2.24, 2.45) is 0 Å². The fourth-order valence-corrected chi connectivity index (χ4v) is 3.06. The van der Waals surface area contributed by atoms with E-state index in [1.807, 2.05) is 25.1 Å². The highest BCUT2D eigenvalue weighted by molar-refractivity contribution is 5.38. The summed E-state index contributed by atoms with van der Waals surface area (Å²) < 4.78 is 38.2. The third-order valence-electron chi connectivity index (χ3n) is 4.31. The van der Waals surface area contributed by atoms with Crippen molar-refractivity contribution in [3.63, 3.8) is 0 Å². The van der Waals surface area contributed by atoms with Crippen LogP contribution in [0.5, 0.6) is 0 Å². The number of pyridine rings is 2. The number of halogens is 3. The fraction of sp³-hybridized carbons (Fsp3) is 0.444. The zero-order valence-electron chi connectivity index (χ0n) is 14.6. The molecule has 2 aromatic heterocycles. The van der Waals surface area contributed by atoms with Crippen LogP contribution in [-0.4, -0.2) is 53.6 Å². The van der Waals surface area contributed by atoms with Gasteiger partial charge >= 0.3 is 6.18 Å². The third kappa shape index (κ3) is 4.85. The highest BCUT2D eigenvalue weighted by Crippen LogP contribution is 2.28. The first-order valence-electron chi connectivity index (χ1n) is 8.61. The first-order valence-corrected chi connectivity index (χ1v) is 8.61. The van der Waals surface area contributed by atoms with E-state index >= 15 is 0 Å². The molecule has 1 unspecified atom stereocenters. The van der Waals surface area contributed by atoms with Crippen LogP contribution in [-0.2, 0) is 6.18 Å². The van der Waals surface area contributed by atoms with Gasteiger partial charge in [-0.05, 0) is 31.2 Å². The molecule has 1 atom stereocenters. The molecule has 0 aliphatic carbocycles. The molecule has 0 aromatic carbocycles. The molecule has 2 aromatic rings. The van der Waals surface area contributed by atoms with Crippen LogP contribution < -0.4 is 10.2 Å². The van der Waals surface area contributed by atoms with E-state index in [9.17, 15) is 13.2 Å². The van der Waals surface area contributed by atoms with Crippen LogP contribution in [0.2, 0.25) is 0 Å². The smallest absolute Gasteiger partial charge is 0.366 e. The van der Waals surface area contributed by atoms with Gasteiger partial charge in [-0.2, -0.15) is 13.2 Å². The summed E-state index contributed by atoms with van der Waals surface area (Å²) in [6.45, 7) is 6.23. The number of hydrogen-bond donors (Lipinski definition) is 1. The van der Waals surface area contributed by atoms with Gasteiger partial charge in [0.1, 0.15) is 17.3 Å². The molecular weight excluding hydrogens is 343 g/mol. The summed E-state index contributed by atoms with van der Waals surface area (Å²) in [6, 6.07) is 9.78. The molecule has 0 spiro atoms. The molecule has 3 rings (SSSR count). The van der Waals surface area contributed by atoms with Crippen molar-refractivity contribution < 1.29 is 13.2 Å². The van der Waals surface area contributed by atoms with Crippen LogP contribution in [0.3, 0.4) is 0 Å². The predicted octanol–water partition coefficient (Wildman–Crippen LogP) is 3.12. The van der Waals surface area contributed by atoms with Gasteiger partial charge in [0.05, 0.1) is 0 Å². The molecule has 8 heteroatoms. The average Bonchev–Trinajstić information content (AvgIpc) is 2.62. The van der Waals surface area contributed by atoms with Gasteiger partial charge in [0.15, 0.2) is 0 Å². The Bertz CT molecular complexity index is 699. The minimum absolute atomic E-state index is 0.00705. The van der Waals surface area contributed by atoms with Crippen LogP contribution in [0.25, 0.3) is 0 Å². The molecular formula is C18H22F3N5. The Morgan fingerprint density at radius 1 is 1.08 bits per heavy atom. The lowest BCUT2D eigenvalue weighted by Gasteiger charge is -2.36. The molecule has 26 heavy (non-hydrogen) atoms. The Kier molecular flexibility index (Phi) is 5.61. The van der Waals surface area contributed by atoms with E-state index < -0.39 is 11.9 Å². The molecule has 1 aliphatic heterocycles. The van der Waals surface area contributed by atoms with Crippen LogP contribution in [0, 0.1) is 0 Å². The quantitative estimate of drug-likeness (QED) is 0.882. The van der Waals surface area contributed by atoms with Crippen LogP contribution >= 0.6 is 0 Å². The largest absolute Gasteiger partial charge is 0.433 e. The lowest BCUT2D eigenvalue weighted by atomic mass is 10.2. The van der Waals surface area contributed by atoms with Gasteiger partial charge in [-0.1, -0.05) is 12.1 Å². The Morgan fingerprint density at radius 3 is 2.50 bits per heavy atom. The number of hydrogen-bond acceptors (Lipinski definition) is 5. The van der Waals surface area contributed by atoms with Crippen LogP contribution in [0.15, 0.2) is 42.6 Å². The zero-order valence-corrected chi connectivity index (χ0v) is 14.6. The molecule has 0 amide bonds. The second kappa shape index (κ2) is 7.90. The van der Waals surface area contributed by atoms with Gasteiger partial charge in [0, 0.05) is 45.0 Å². The van der Waals surface area contributed by atoms with Crippen molar-refractivity contribution in [3.05, 3.63) is 48.3 Å². The van der Waals surface area contributed by atoms with Gasteiger partial charge < -0.3 is 10.2 Å². The third-order valence-corrected chi connectivity index (χ3v) is 4.31. The van der Waals surface area contributed by atoms with E-state index in [4.69, 9.17) is 0 Å². The second-order valence-electron chi connectivity index (χ2n) is 6.43. The number of anilines is 2. The SMILES string of the molecule is CC(CN1CCN(c2ccccn2)CC1)Nc1cccc(C(F)(F)F)n1. The Balaban J connectivity index is 1.50. The predicted molar refractivity (Wildman–Crippen MR) is 95.2 cm³/mol. The van der Waals surface area contributed by atoms with Crippen molar-refractivity contribution in [1.29, 1.82) is 0 Å². The Labute approximate surface area is 150 Å². The van der Waals surface area contributed by atoms with Gasteiger partial charge in [0.25, 0.3) is 0 Å². The number of piperazine rings is 1. The summed E-state index contributed by atoms with van der Waals surface area (Å²) in [5.74, 6) is 1.23. The van der Waals surface area contributed by atoms with Crippen LogP contribution in [0.4, 0.5) is 24.8 Å². The molecule has 1 fully saturated rings. The molecule has 5 nitrogen and oxygen atoms in total. The maximum Gasteiger partial charge on any atom is 0.433 e. The monoisotopic (exact) mass is 365 g/mol. The maximum atomic E-state index is 12.7. The van der Waals surface area contributed by atoms with Gasteiger partial charge in [-0.3, -0.25) is 4.90 Å². The van der Waals surface area contributed by atoms with E-state index in [1.165, 1.54) is 6.07 Å². The fourth-order valence-electron chi connectivity index (χ4n) is 3.06. The van der Waals surface area contributed by atoms with Crippen molar-refractivity contribution in [3.8, 4) is 0 Å². The highest BCUT2D eigenvalue weighted by Gasteiger charge is 2.32. The lowest BCUT2D eigenvalue weighted by Crippen LogP contribution is -2.49. The summed E-state index contributed by atoms with van der Waals surface area (Å²) in [6.07, 6.45) is -2.64. The molecule has 3 heterocycles. The van der Waals surface area contributed by atoms with E-state index in [-0.39, 0.29) is 11.9 Å². The molecule has 1 N–H and O–H groups in total.